The van der Waals surface area contributed by atoms with E-state index in [-0.39, 0.29) is 11.9 Å². The van der Waals surface area contributed by atoms with Crippen LogP contribution in [0.15, 0.2) is 17.5 Å². The second-order valence-electron chi connectivity index (χ2n) is 4.04. The zero-order valence-corrected chi connectivity index (χ0v) is 11.7. The Hall–Kier alpha value is -1.36. The molecular formula is C13H19NO3S. The van der Waals surface area contributed by atoms with Gasteiger partial charge in [0.1, 0.15) is 0 Å². The molecule has 0 bridgehead atoms. The zero-order chi connectivity index (χ0) is 13.4. The van der Waals surface area contributed by atoms with E-state index >= 15 is 0 Å². The molecule has 4 nitrogen and oxygen atoms in total. The maximum absolute atomic E-state index is 11.7. The normalized spacial score (nSPS) is 10.1. The van der Waals surface area contributed by atoms with Gasteiger partial charge in [-0.15, -0.1) is 11.3 Å². The molecule has 1 aromatic rings. The highest BCUT2D eigenvalue weighted by Crippen LogP contribution is 2.11. The van der Waals surface area contributed by atoms with Gasteiger partial charge in [0.2, 0.25) is 0 Å². The number of nitrogens with zero attached hydrogens (tertiary/aromatic N) is 1. The number of Topliss-reactive ketones (excluding diaryl/α,β-unsaturated/α-hetero) is 1. The standard InChI is InChI=1S/C13H19NO3S/c1-3-4-9-17-13(16)14(2)8-7-11(15)12-6-5-10-18-12/h5-6,10H,3-4,7-9H2,1-2H3. The average Bonchev–Trinajstić information content (AvgIpc) is 2.89. The van der Waals surface area contributed by atoms with Crippen LogP contribution in [0.3, 0.4) is 0 Å². The molecule has 1 rings (SSSR count). The number of carbonyl (C=O) groups excluding carboxylic acids is 2. The summed E-state index contributed by atoms with van der Waals surface area (Å²) in [6.07, 6.45) is 1.84. The first kappa shape index (κ1) is 14.7. The zero-order valence-electron chi connectivity index (χ0n) is 10.8. The van der Waals surface area contributed by atoms with Gasteiger partial charge in [-0.1, -0.05) is 19.4 Å². The Morgan fingerprint density at radius 3 is 2.83 bits per heavy atom. The number of rotatable bonds is 7. The van der Waals surface area contributed by atoms with Crippen molar-refractivity contribution in [3.05, 3.63) is 22.4 Å². The lowest BCUT2D eigenvalue weighted by Gasteiger charge is -2.16. The maximum atomic E-state index is 11.7. The van der Waals surface area contributed by atoms with E-state index < -0.39 is 0 Å². The SMILES string of the molecule is CCCCOC(=O)N(C)CCC(=O)c1cccs1. The average molecular weight is 269 g/mol. The molecule has 1 amide bonds. The molecule has 0 aromatic carbocycles. The number of hydrogen-bond acceptors (Lipinski definition) is 4. The van der Waals surface area contributed by atoms with E-state index in [1.165, 1.54) is 16.2 Å². The molecule has 0 saturated carbocycles. The molecule has 0 atom stereocenters. The second-order valence-corrected chi connectivity index (χ2v) is 4.99. The van der Waals surface area contributed by atoms with Crippen molar-refractivity contribution in [3.8, 4) is 0 Å². The third kappa shape index (κ3) is 4.87. The summed E-state index contributed by atoms with van der Waals surface area (Å²) in [5.41, 5.74) is 0. The number of ether oxygens (including phenoxy) is 1. The van der Waals surface area contributed by atoms with Crippen molar-refractivity contribution < 1.29 is 14.3 Å². The van der Waals surface area contributed by atoms with E-state index in [1.807, 2.05) is 18.4 Å². The number of hydrogen-bond donors (Lipinski definition) is 0. The van der Waals surface area contributed by atoms with Crippen LogP contribution in [-0.4, -0.2) is 37.0 Å². The van der Waals surface area contributed by atoms with E-state index in [2.05, 4.69) is 0 Å². The summed E-state index contributed by atoms with van der Waals surface area (Å²) < 4.78 is 5.05. The quantitative estimate of drug-likeness (QED) is 0.564. The van der Waals surface area contributed by atoms with Crippen molar-refractivity contribution >= 4 is 23.2 Å². The van der Waals surface area contributed by atoms with Gasteiger partial charge in [-0.25, -0.2) is 4.79 Å². The Bertz CT molecular complexity index is 376. The third-order valence-corrected chi connectivity index (χ3v) is 3.42. The lowest BCUT2D eigenvalue weighted by atomic mass is 10.2. The molecule has 0 spiro atoms. The molecule has 18 heavy (non-hydrogen) atoms. The number of carbonyl (C=O) groups is 2. The van der Waals surface area contributed by atoms with Crippen LogP contribution >= 0.6 is 11.3 Å². The molecule has 0 saturated heterocycles. The highest BCUT2D eigenvalue weighted by molar-refractivity contribution is 7.12. The molecule has 0 aliphatic rings. The molecule has 0 aliphatic heterocycles. The van der Waals surface area contributed by atoms with Crippen molar-refractivity contribution in [2.45, 2.75) is 26.2 Å². The van der Waals surface area contributed by atoms with Crippen molar-refractivity contribution in [1.29, 1.82) is 0 Å². The minimum Gasteiger partial charge on any atom is -0.449 e. The summed E-state index contributed by atoms with van der Waals surface area (Å²) in [5, 5.41) is 1.87. The van der Waals surface area contributed by atoms with Gasteiger partial charge in [-0.2, -0.15) is 0 Å². The van der Waals surface area contributed by atoms with Crippen LogP contribution in [-0.2, 0) is 4.74 Å². The van der Waals surface area contributed by atoms with Crippen molar-refractivity contribution in [2.24, 2.45) is 0 Å². The van der Waals surface area contributed by atoms with Crippen LogP contribution in [0.1, 0.15) is 35.9 Å². The van der Waals surface area contributed by atoms with Crippen LogP contribution in [0.5, 0.6) is 0 Å². The second kappa shape index (κ2) is 7.87. The topological polar surface area (TPSA) is 46.6 Å². The maximum Gasteiger partial charge on any atom is 0.409 e. The first-order valence-corrected chi connectivity index (χ1v) is 6.97. The minimum atomic E-state index is -0.359. The summed E-state index contributed by atoms with van der Waals surface area (Å²) in [7, 11) is 1.65. The van der Waals surface area contributed by atoms with Gasteiger partial charge in [-0.3, -0.25) is 4.79 Å². The fourth-order valence-electron chi connectivity index (χ4n) is 1.33. The summed E-state index contributed by atoms with van der Waals surface area (Å²) >= 11 is 1.42. The first-order valence-electron chi connectivity index (χ1n) is 6.09. The van der Waals surface area contributed by atoms with Gasteiger partial charge >= 0.3 is 6.09 Å². The van der Waals surface area contributed by atoms with E-state index in [0.717, 1.165) is 17.7 Å². The number of unbranched alkanes of at least 4 members (excludes halogenated alkanes) is 1. The van der Waals surface area contributed by atoms with E-state index in [0.29, 0.717) is 19.6 Å². The van der Waals surface area contributed by atoms with E-state index in [9.17, 15) is 9.59 Å². The molecule has 0 fully saturated rings. The minimum absolute atomic E-state index is 0.0678. The number of amides is 1. The predicted molar refractivity (Wildman–Crippen MR) is 72.2 cm³/mol. The highest BCUT2D eigenvalue weighted by Gasteiger charge is 2.13. The lowest BCUT2D eigenvalue weighted by Crippen LogP contribution is -2.29. The Morgan fingerprint density at radius 2 is 2.22 bits per heavy atom. The van der Waals surface area contributed by atoms with Crippen molar-refractivity contribution in [1.82, 2.24) is 4.90 Å². The Morgan fingerprint density at radius 1 is 1.44 bits per heavy atom. The monoisotopic (exact) mass is 269 g/mol. The van der Waals surface area contributed by atoms with Gasteiger partial charge in [0.05, 0.1) is 11.5 Å². The highest BCUT2D eigenvalue weighted by atomic mass is 32.1. The molecule has 100 valence electrons. The van der Waals surface area contributed by atoms with Gasteiger partial charge < -0.3 is 9.64 Å². The molecule has 5 heteroatoms. The smallest absolute Gasteiger partial charge is 0.409 e. The fourth-order valence-corrected chi connectivity index (χ4v) is 2.03. The summed E-state index contributed by atoms with van der Waals surface area (Å²) in [5.74, 6) is 0.0678. The van der Waals surface area contributed by atoms with Gasteiger partial charge in [-0.05, 0) is 17.9 Å². The van der Waals surface area contributed by atoms with Gasteiger partial charge in [0.25, 0.3) is 0 Å². The summed E-state index contributed by atoms with van der Waals surface area (Å²) in [6.45, 7) is 2.87. The van der Waals surface area contributed by atoms with Crippen LogP contribution in [0.25, 0.3) is 0 Å². The molecule has 0 radical (unpaired) electrons. The first-order chi connectivity index (χ1) is 8.65. The number of ketones is 1. The third-order valence-electron chi connectivity index (χ3n) is 2.51. The van der Waals surface area contributed by atoms with Crippen molar-refractivity contribution in [3.63, 3.8) is 0 Å². The van der Waals surface area contributed by atoms with E-state index in [1.54, 1.807) is 13.1 Å². The van der Waals surface area contributed by atoms with Gasteiger partial charge in [0.15, 0.2) is 5.78 Å². The van der Waals surface area contributed by atoms with Gasteiger partial charge in [0, 0.05) is 20.0 Å². The molecule has 1 aromatic heterocycles. The van der Waals surface area contributed by atoms with E-state index in [4.69, 9.17) is 4.74 Å². The Kier molecular flexibility index (Phi) is 6.43. The lowest BCUT2D eigenvalue weighted by molar-refractivity contribution is 0.0941. The number of thiophene rings is 1. The Balaban J connectivity index is 2.26. The molecule has 1 heterocycles. The Labute approximate surface area is 112 Å². The summed E-state index contributed by atoms with van der Waals surface area (Å²) in [4.78, 5) is 25.4. The van der Waals surface area contributed by atoms with Crippen LogP contribution < -0.4 is 0 Å². The predicted octanol–water partition coefficient (Wildman–Crippen LogP) is 3.19. The summed E-state index contributed by atoms with van der Waals surface area (Å²) in [6, 6.07) is 3.65. The van der Waals surface area contributed by atoms with Crippen LogP contribution in [0.2, 0.25) is 0 Å². The molecular weight excluding hydrogens is 250 g/mol. The molecule has 0 N–H and O–H groups in total. The fraction of sp³-hybridized carbons (Fsp3) is 0.538. The largest absolute Gasteiger partial charge is 0.449 e. The van der Waals surface area contributed by atoms with Crippen LogP contribution in [0, 0.1) is 0 Å². The van der Waals surface area contributed by atoms with Crippen LogP contribution in [0.4, 0.5) is 4.79 Å². The van der Waals surface area contributed by atoms with Crippen molar-refractivity contribution in [2.75, 3.05) is 20.2 Å². The molecule has 0 aliphatic carbocycles. The molecule has 0 unspecified atom stereocenters.